The molecule has 1 atom stereocenters. The lowest BCUT2D eigenvalue weighted by Crippen LogP contribution is -2.43. The molecule has 2 aliphatic rings. The Hall–Kier alpha value is -1.54. The third-order valence-electron chi connectivity index (χ3n) is 6.24. The molecule has 0 saturated heterocycles. The molecule has 3 rings (SSSR count). The normalized spacial score (nSPS) is 24.1. The predicted octanol–water partition coefficient (Wildman–Crippen LogP) is 5.11. The quantitative estimate of drug-likeness (QED) is 0.540. The fourth-order valence-corrected chi connectivity index (χ4v) is 5.41. The molecule has 1 amide bonds. The molecule has 0 bridgehead atoms. The van der Waals surface area contributed by atoms with Gasteiger partial charge in [0.15, 0.2) is 0 Å². The van der Waals surface area contributed by atoms with Crippen LogP contribution in [0.5, 0.6) is 5.88 Å². The van der Waals surface area contributed by atoms with E-state index in [1.165, 1.54) is 12.8 Å². The highest BCUT2D eigenvalue weighted by Crippen LogP contribution is 2.36. The topological polar surface area (TPSA) is 73.8 Å². The standard InChI is InChI=1S/C24H39N3O4S/c1-24(2,3)31-23(28)27(4)18-8-10-19(11-9-18)30-21-20-15-17(12-13-29-5)7-6-14-32-22(20)26-16-25-21/h16-19H,6-15H2,1-5H3. The SMILES string of the molecule is COCCC1CCCSc2ncnc(OC3CCC(N(C)C(=O)OC(C)(C)C)CC3)c2C1. The number of fused-ring (bicyclic) bond motifs is 1. The number of carbonyl (C=O) groups is 1. The zero-order valence-corrected chi connectivity index (χ0v) is 21.1. The van der Waals surface area contributed by atoms with Crippen LogP contribution in [0.1, 0.15) is 71.3 Å². The first-order chi connectivity index (χ1) is 15.3. The van der Waals surface area contributed by atoms with E-state index in [2.05, 4.69) is 9.97 Å². The molecule has 1 aromatic heterocycles. The Bertz CT molecular complexity index is 747. The van der Waals surface area contributed by atoms with Crippen LogP contribution in [0.2, 0.25) is 0 Å². The van der Waals surface area contributed by atoms with Crippen LogP contribution in [0.3, 0.4) is 0 Å². The number of nitrogens with zero attached hydrogens (tertiary/aromatic N) is 3. The average Bonchev–Trinajstić information content (AvgIpc) is 2.73. The first kappa shape index (κ1) is 25.1. The van der Waals surface area contributed by atoms with Crippen molar-refractivity contribution in [3.05, 3.63) is 11.9 Å². The molecule has 1 saturated carbocycles. The third-order valence-corrected chi connectivity index (χ3v) is 7.35. The summed E-state index contributed by atoms with van der Waals surface area (Å²) in [6.07, 6.45) is 9.50. The number of aromatic nitrogens is 2. The van der Waals surface area contributed by atoms with Gasteiger partial charge >= 0.3 is 6.09 Å². The summed E-state index contributed by atoms with van der Waals surface area (Å²) in [4.78, 5) is 23.2. The first-order valence-electron chi connectivity index (χ1n) is 11.8. The number of methoxy groups -OCH3 is 1. The van der Waals surface area contributed by atoms with Crippen LogP contribution in [0.25, 0.3) is 0 Å². The van der Waals surface area contributed by atoms with Crippen LogP contribution < -0.4 is 4.74 Å². The Morgan fingerprint density at radius 2 is 1.94 bits per heavy atom. The molecule has 0 N–H and O–H groups in total. The zero-order valence-electron chi connectivity index (χ0n) is 20.3. The van der Waals surface area contributed by atoms with Crippen LogP contribution in [-0.4, -0.2) is 65.2 Å². The molecule has 180 valence electrons. The summed E-state index contributed by atoms with van der Waals surface area (Å²) in [5, 5.41) is 1.07. The van der Waals surface area contributed by atoms with Gasteiger partial charge < -0.3 is 19.1 Å². The summed E-state index contributed by atoms with van der Waals surface area (Å²) in [6, 6.07) is 0.185. The number of hydrogen-bond donors (Lipinski definition) is 0. The van der Waals surface area contributed by atoms with Gasteiger partial charge in [-0.05, 0) is 83.8 Å². The monoisotopic (exact) mass is 465 g/mol. The van der Waals surface area contributed by atoms with Crippen molar-refractivity contribution in [2.45, 2.75) is 94.9 Å². The number of amides is 1. The van der Waals surface area contributed by atoms with E-state index < -0.39 is 5.60 Å². The lowest BCUT2D eigenvalue weighted by atomic mass is 9.91. The Morgan fingerprint density at radius 3 is 2.62 bits per heavy atom. The van der Waals surface area contributed by atoms with Gasteiger partial charge in [-0.25, -0.2) is 14.8 Å². The molecule has 0 aromatic carbocycles. The molecule has 8 heteroatoms. The smallest absolute Gasteiger partial charge is 0.410 e. The second-order valence-electron chi connectivity index (χ2n) is 9.94. The Balaban J connectivity index is 1.60. The Morgan fingerprint density at radius 1 is 1.19 bits per heavy atom. The molecule has 2 heterocycles. The minimum Gasteiger partial charge on any atom is -0.474 e. The van der Waals surface area contributed by atoms with Crippen LogP contribution >= 0.6 is 11.8 Å². The maximum absolute atomic E-state index is 12.4. The summed E-state index contributed by atoms with van der Waals surface area (Å²) in [5.74, 6) is 2.40. The van der Waals surface area contributed by atoms with Crippen molar-refractivity contribution in [1.82, 2.24) is 14.9 Å². The van der Waals surface area contributed by atoms with Crippen molar-refractivity contribution in [3.8, 4) is 5.88 Å². The van der Waals surface area contributed by atoms with E-state index in [1.807, 2.05) is 39.6 Å². The van der Waals surface area contributed by atoms with Crippen molar-refractivity contribution in [3.63, 3.8) is 0 Å². The van der Waals surface area contributed by atoms with Gasteiger partial charge in [0, 0.05) is 32.4 Å². The Labute approximate surface area is 197 Å². The molecule has 1 unspecified atom stereocenters. The fourth-order valence-electron chi connectivity index (χ4n) is 4.44. The van der Waals surface area contributed by atoms with E-state index in [0.29, 0.717) is 5.92 Å². The molecule has 0 radical (unpaired) electrons. The molecule has 1 fully saturated rings. The summed E-state index contributed by atoms with van der Waals surface area (Å²) in [5.41, 5.74) is 0.681. The van der Waals surface area contributed by atoms with Gasteiger partial charge in [0.25, 0.3) is 0 Å². The van der Waals surface area contributed by atoms with E-state index in [-0.39, 0.29) is 18.2 Å². The summed E-state index contributed by atoms with van der Waals surface area (Å²) < 4.78 is 17.3. The number of hydrogen-bond acceptors (Lipinski definition) is 7. The maximum atomic E-state index is 12.4. The molecule has 32 heavy (non-hydrogen) atoms. The highest BCUT2D eigenvalue weighted by Gasteiger charge is 2.31. The highest BCUT2D eigenvalue weighted by atomic mass is 32.2. The van der Waals surface area contributed by atoms with Crippen molar-refractivity contribution in [1.29, 1.82) is 0 Å². The lowest BCUT2D eigenvalue weighted by molar-refractivity contribution is 0.0136. The van der Waals surface area contributed by atoms with E-state index in [4.69, 9.17) is 14.2 Å². The number of ether oxygens (including phenoxy) is 3. The van der Waals surface area contributed by atoms with Crippen LogP contribution in [0.15, 0.2) is 11.4 Å². The highest BCUT2D eigenvalue weighted by molar-refractivity contribution is 7.99. The van der Waals surface area contributed by atoms with E-state index in [9.17, 15) is 4.79 Å². The number of thioether (sulfide) groups is 1. The fraction of sp³-hybridized carbons (Fsp3) is 0.792. The van der Waals surface area contributed by atoms with Crippen molar-refractivity contribution >= 4 is 17.9 Å². The minimum absolute atomic E-state index is 0.116. The van der Waals surface area contributed by atoms with Gasteiger partial charge in [-0.15, -0.1) is 11.8 Å². The average molecular weight is 466 g/mol. The van der Waals surface area contributed by atoms with E-state index in [0.717, 1.165) is 67.4 Å². The van der Waals surface area contributed by atoms with E-state index in [1.54, 1.807) is 18.3 Å². The second kappa shape index (κ2) is 11.5. The molecule has 1 aliphatic heterocycles. The van der Waals surface area contributed by atoms with Crippen LogP contribution in [0, 0.1) is 5.92 Å². The van der Waals surface area contributed by atoms with Gasteiger partial charge in [0.2, 0.25) is 5.88 Å². The molecule has 0 spiro atoms. The summed E-state index contributed by atoms with van der Waals surface area (Å²) >= 11 is 1.82. The van der Waals surface area contributed by atoms with Gasteiger partial charge in [-0.3, -0.25) is 0 Å². The third kappa shape index (κ3) is 7.24. The number of carbonyl (C=O) groups excluding carboxylic acids is 1. The molecular weight excluding hydrogens is 426 g/mol. The van der Waals surface area contributed by atoms with E-state index >= 15 is 0 Å². The van der Waals surface area contributed by atoms with Crippen molar-refractivity contribution < 1.29 is 19.0 Å². The van der Waals surface area contributed by atoms with Crippen molar-refractivity contribution in [2.75, 3.05) is 26.5 Å². The van der Waals surface area contributed by atoms with Gasteiger partial charge in [-0.2, -0.15) is 0 Å². The second-order valence-corrected chi connectivity index (χ2v) is 11.0. The number of rotatable bonds is 6. The predicted molar refractivity (Wildman–Crippen MR) is 126 cm³/mol. The first-order valence-corrected chi connectivity index (χ1v) is 12.8. The van der Waals surface area contributed by atoms with Gasteiger partial charge in [0.05, 0.1) is 0 Å². The summed E-state index contributed by atoms with van der Waals surface area (Å²) in [7, 11) is 3.60. The molecule has 1 aliphatic carbocycles. The minimum atomic E-state index is -0.478. The Kier molecular flexibility index (Phi) is 9.05. The van der Waals surface area contributed by atoms with Crippen molar-refractivity contribution in [2.24, 2.45) is 5.92 Å². The summed E-state index contributed by atoms with van der Waals surface area (Å²) in [6.45, 7) is 6.48. The van der Waals surface area contributed by atoms with Crippen LogP contribution in [-0.2, 0) is 15.9 Å². The zero-order chi connectivity index (χ0) is 23.1. The largest absolute Gasteiger partial charge is 0.474 e. The molecule has 7 nitrogen and oxygen atoms in total. The van der Waals surface area contributed by atoms with Crippen LogP contribution in [0.4, 0.5) is 4.79 Å². The molecular formula is C24H39N3O4S. The molecule has 1 aromatic rings. The van der Waals surface area contributed by atoms with Gasteiger partial charge in [0.1, 0.15) is 23.1 Å². The van der Waals surface area contributed by atoms with Gasteiger partial charge in [-0.1, -0.05) is 0 Å². The lowest BCUT2D eigenvalue weighted by Gasteiger charge is -2.35. The maximum Gasteiger partial charge on any atom is 0.410 e.